The second-order valence-electron chi connectivity index (χ2n) is 2.84. The van der Waals surface area contributed by atoms with Gasteiger partial charge in [-0.15, -0.1) is 0 Å². The Kier molecular flexibility index (Phi) is 4.45. The number of hydrogen-bond acceptors (Lipinski definition) is 2. The molecule has 0 aliphatic heterocycles. The largest absolute Gasteiger partial charge is 0.453 e. The summed E-state index contributed by atoms with van der Waals surface area (Å²) in [5, 5.41) is 0.528. The molecule has 0 bridgehead atoms. The molecule has 4 nitrogen and oxygen atoms in total. The van der Waals surface area contributed by atoms with E-state index in [4.69, 9.17) is 21.9 Å². The van der Waals surface area contributed by atoms with Gasteiger partial charge in [-0.2, -0.15) is 4.79 Å². The summed E-state index contributed by atoms with van der Waals surface area (Å²) in [6.45, 7) is 3.47. The normalized spacial score (nSPS) is 9.06. The molecular formula is C11H9ClN2O2. The number of rotatable bonds is 4. The van der Waals surface area contributed by atoms with Crippen LogP contribution in [0.4, 0.5) is 0 Å². The second-order valence-corrected chi connectivity index (χ2v) is 3.28. The molecule has 0 amide bonds. The zero-order valence-electron chi connectivity index (χ0n) is 8.39. The average molecular weight is 237 g/mol. The molecule has 1 aromatic rings. The number of benzene rings is 1. The molecule has 0 aromatic heterocycles. The van der Waals surface area contributed by atoms with Gasteiger partial charge < -0.3 is 10.3 Å². The van der Waals surface area contributed by atoms with E-state index in [-0.39, 0.29) is 12.3 Å². The summed E-state index contributed by atoms with van der Waals surface area (Å²) in [5.41, 5.74) is 9.01. The Morgan fingerprint density at radius 3 is 2.62 bits per heavy atom. The zero-order valence-corrected chi connectivity index (χ0v) is 9.15. The first-order chi connectivity index (χ1) is 7.69. The number of ether oxygens (including phenoxy) is 1. The van der Waals surface area contributed by atoms with Gasteiger partial charge in [0.05, 0.1) is 5.56 Å². The third kappa shape index (κ3) is 3.05. The Bertz CT molecular complexity index is 448. The molecule has 0 saturated heterocycles. The van der Waals surface area contributed by atoms with E-state index in [1.165, 1.54) is 6.08 Å². The zero-order chi connectivity index (χ0) is 12.0. The first kappa shape index (κ1) is 12.2. The van der Waals surface area contributed by atoms with Gasteiger partial charge in [0.25, 0.3) is 0 Å². The van der Waals surface area contributed by atoms with Crippen LogP contribution in [0.5, 0.6) is 0 Å². The predicted octanol–water partition coefficient (Wildman–Crippen LogP) is 2.09. The maximum atomic E-state index is 11.4. The van der Waals surface area contributed by atoms with Gasteiger partial charge in [-0.3, -0.25) is 0 Å². The summed E-state index contributed by atoms with van der Waals surface area (Å²) in [6, 6.07) is 6.30. The fraction of sp³-hybridized carbons (Fsp3) is 0.0909. The summed E-state index contributed by atoms with van der Waals surface area (Å²) in [7, 11) is 0. The van der Waals surface area contributed by atoms with Gasteiger partial charge in [0.1, 0.15) is 6.61 Å². The first-order valence-electron chi connectivity index (χ1n) is 4.45. The Hall–Kier alpha value is -1.90. The Morgan fingerprint density at radius 1 is 1.50 bits per heavy atom. The van der Waals surface area contributed by atoms with Gasteiger partial charge in [0.2, 0.25) is 0 Å². The number of carbonyl (C=O) groups excluding carboxylic acids is 1. The van der Waals surface area contributed by atoms with Crippen LogP contribution in [-0.4, -0.2) is 23.1 Å². The molecular weight excluding hydrogens is 228 g/mol. The lowest BCUT2D eigenvalue weighted by Gasteiger charge is -1.98. The van der Waals surface area contributed by atoms with Crippen LogP contribution in [0.25, 0.3) is 5.53 Å². The molecule has 1 aromatic carbocycles. The Balaban J connectivity index is 2.91. The summed E-state index contributed by atoms with van der Waals surface area (Å²) in [6.07, 6.45) is 1.43. The number of halogens is 1. The van der Waals surface area contributed by atoms with Crippen LogP contribution in [0, 0.1) is 0 Å². The molecule has 5 heteroatoms. The topological polar surface area (TPSA) is 62.7 Å². The molecule has 0 unspecified atom stereocenters. The third-order valence-electron chi connectivity index (χ3n) is 1.74. The van der Waals surface area contributed by atoms with E-state index in [0.717, 1.165) is 0 Å². The van der Waals surface area contributed by atoms with Crippen LogP contribution in [0.1, 0.15) is 5.56 Å². The molecule has 16 heavy (non-hydrogen) atoms. The summed E-state index contributed by atoms with van der Waals surface area (Å²) < 4.78 is 4.75. The highest BCUT2D eigenvalue weighted by atomic mass is 35.5. The standard InChI is InChI=1S/C11H9ClN2O2/c1-2-7-16-11(15)10(14-13)8-3-5-9(12)6-4-8/h2-6H,1,7H2. The number of hydrogen-bond donors (Lipinski definition) is 0. The maximum Gasteiger partial charge on any atom is 0.422 e. The van der Waals surface area contributed by atoms with Crippen LogP contribution < -0.4 is 0 Å². The maximum absolute atomic E-state index is 11.4. The van der Waals surface area contributed by atoms with Crippen molar-refractivity contribution in [2.24, 2.45) is 0 Å². The van der Waals surface area contributed by atoms with E-state index in [2.05, 4.69) is 11.4 Å². The van der Waals surface area contributed by atoms with Crippen molar-refractivity contribution in [3.05, 3.63) is 53.0 Å². The van der Waals surface area contributed by atoms with Crippen molar-refractivity contribution in [2.75, 3.05) is 6.61 Å². The van der Waals surface area contributed by atoms with Crippen LogP contribution in [-0.2, 0) is 9.53 Å². The lowest BCUT2D eigenvalue weighted by atomic mass is 10.1. The lowest BCUT2D eigenvalue weighted by molar-refractivity contribution is -0.138. The first-order valence-corrected chi connectivity index (χ1v) is 4.83. The predicted molar refractivity (Wildman–Crippen MR) is 60.3 cm³/mol. The van der Waals surface area contributed by atoms with E-state index in [0.29, 0.717) is 10.6 Å². The molecule has 0 spiro atoms. The van der Waals surface area contributed by atoms with E-state index < -0.39 is 5.97 Å². The Morgan fingerprint density at radius 2 is 2.12 bits per heavy atom. The minimum Gasteiger partial charge on any atom is -0.453 e. The van der Waals surface area contributed by atoms with Gasteiger partial charge in [-0.25, -0.2) is 4.79 Å². The molecule has 0 atom stereocenters. The SMILES string of the molecule is C=CCOC(=O)C(=[N+]=[N-])c1ccc(Cl)cc1. The molecule has 1 rings (SSSR count). The lowest BCUT2D eigenvalue weighted by Crippen LogP contribution is -2.19. The monoisotopic (exact) mass is 236 g/mol. The molecule has 0 radical (unpaired) electrons. The molecule has 0 saturated carbocycles. The molecule has 0 aliphatic rings. The summed E-state index contributed by atoms with van der Waals surface area (Å²) >= 11 is 5.69. The van der Waals surface area contributed by atoms with Crippen LogP contribution in [0.3, 0.4) is 0 Å². The fourth-order valence-electron chi connectivity index (χ4n) is 1.03. The summed E-state index contributed by atoms with van der Waals surface area (Å²) in [4.78, 5) is 14.3. The third-order valence-corrected chi connectivity index (χ3v) is 2.00. The van der Waals surface area contributed by atoms with Crippen LogP contribution in [0.2, 0.25) is 5.02 Å². The van der Waals surface area contributed by atoms with Crippen molar-refractivity contribution in [1.29, 1.82) is 0 Å². The molecule has 0 fully saturated rings. The highest BCUT2D eigenvalue weighted by Crippen LogP contribution is 2.10. The highest BCUT2D eigenvalue weighted by molar-refractivity contribution is 6.41. The van der Waals surface area contributed by atoms with Crippen LogP contribution >= 0.6 is 11.6 Å². The van der Waals surface area contributed by atoms with E-state index in [1.807, 2.05) is 0 Å². The van der Waals surface area contributed by atoms with E-state index in [9.17, 15) is 4.79 Å². The van der Waals surface area contributed by atoms with Gasteiger partial charge in [-0.1, -0.05) is 24.3 Å². The van der Waals surface area contributed by atoms with Crippen molar-refractivity contribution in [1.82, 2.24) is 0 Å². The van der Waals surface area contributed by atoms with Crippen molar-refractivity contribution >= 4 is 23.3 Å². The minimum atomic E-state index is -0.718. The quantitative estimate of drug-likeness (QED) is 0.264. The smallest absolute Gasteiger partial charge is 0.422 e. The van der Waals surface area contributed by atoms with Gasteiger partial charge in [0.15, 0.2) is 0 Å². The fourth-order valence-corrected chi connectivity index (χ4v) is 1.15. The van der Waals surface area contributed by atoms with Gasteiger partial charge in [-0.05, 0) is 24.3 Å². The second kappa shape index (κ2) is 5.85. The highest BCUT2D eigenvalue weighted by Gasteiger charge is 2.23. The molecule has 82 valence electrons. The van der Waals surface area contributed by atoms with Crippen LogP contribution in [0.15, 0.2) is 36.9 Å². The summed E-state index contributed by atoms with van der Waals surface area (Å²) in [5.74, 6) is -0.718. The van der Waals surface area contributed by atoms with Gasteiger partial charge in [0, 0.05) is 5.02 Å². The Labute approximate surface area is 97.7 Å². The minimum absolute atomic E-state index is 0.0610. The van der Waals surface area contributed by atoms with E-state index >= 15 is 0 Å². The van der Waals surface area contributed by atoms with E-state index in [1.54, 1.807) is 24.3 Å². The van der Waals surface area contributed by atoms with Gasteiger partial charge >= 0.3 is 11.7 Å². The van der Waals surface area contributed by atoms with Crippen molar-refractivity contribution in [3.63, 3.8) is 0 Å². The molecule has 0 N–H and O–H groups in total. The van der Waals surface area contributed by atoms with Crippen molar-refractivity contribution < 1.29 is 14.3 Å². The molecule has 0 heterocycles. The number of carbonyl (C=O) groups is 1. The molecule has 0 aliphatic carbocycles. The van der Waals surface area contributed by atoms with Crippen molar-refractivity contribution in [3.8, 4) is 0 Å². The average Bonchev–Trinajstić information content (AvgIpc) is 2.30. The number of nitrogens with zero attached hydrogens (tertiary/aromatic N) is 2. The van der Waals surface area contributed by atoms with Crippen molar-refractivity contribution in [2.45, 2.75) is 0 Å². The number of esters is 1.